The molecular weight excluding hydrogens is 388 g/mol. The molecule has 0 spiro atoms. The smallest absolute Gasteiger partial charge is 0.271 e. The van der Waals surface area contributed by atoms with Crippen LogP contribution < -0.4 is 14.2 Å². The number of rotatable bonds is 5. The van der Waals surface area contributed by atoms with Crippen LogP contribution in [0, 0.1) is 0 Å². The van der Waals surface area contributed by atoms with Crippen molar-refractivity contribution < 1.29 is 22.7 Å². The van der Waals surface area contributed by atoms with E-state index in [0.29, 0.717) is 30.4 Å². The quantitative estimate of drug-likeness (QED) is 0.822. The summed E-state index contributed by atoms with van der Waals surface area (Å²) >= 11 is 1.12. The minimum Gasteiger partial charge on any atom is -0.486 e. The highest BCUT2D eigenvalue weighted by molar-refractivity contribution is 7.94. The largest absolute Gasteiger partial charge is 0.486 e. The van der Waals surface area contributed by atoms with E-state index in [-0.39, 0.29) is 16.5 Å². The lowest BCUT2D eigenvalue weighted by molar-refractivity contribution is -0.129. The molecule has 3 heterocycles. The van der Waals surface area contributed by atoms with Crippen LogP contribution >= 0.6 is 11.3 Å². The highest BCUT2D eigenvalue weighted by atomic mass is 32.2. The van der Waals surface area contributed by atoms with Crippen molar-refractivity contribution in [1.29, 1.82) is 0 Å². The van der Waals surface area contributed by atoms with Crippen LogP contribution in [-0.2, 0) is 21.2 Å². The Labute approximate surface area is 161 Å². The van der Waals surface area contributed by atoms with Gasteiger partial charge < -0.3 is 14.4 Å². The van der Waals surface area contributed by atoms with Gasteiger partial charge >= 0.3 is 0 Å². The summed E-state index contributed by atoms with van der Waals surface area (Å²) in [6, 6.07) is 8.17. The maximum absolute atomic E-state index is 12.7. The predicted octanol–water partition coefficient (Wildman–Crippen LogP) is 2.49. The fourth-order valence-electron chi connectivity index (χ4n) is 3.14. The van der Waals surface area contributed by atoms with Crippen LogP contribution in [0.3, 0.4) is 0 Å². The summed E-state index contributed by atoms with van der Waals surface area (Å²) in [5.41, 5.74) is 0.405. The number of amides is 1. The molecule has 0 radical (unpaired) electrons. The van der Waals surface area contributed by atoms with Crippen LogP contribution in [0.4, 0.5) is 5.69 Å². The van der Waals surface area contributed by atoms with Gasteiger partial charge in [0.05, 0.1) is 12.1 Å². The Kier molecular flexibility index (Phi) is 4.96. The molecule has 1 aromatic carbocycles. The Hall–Kier alpha value is -2.26. The standard InChI is InChI=1S/C18H20N2O5S2/c21-17(20-7-1-2-8-20)12-14-4-6-18(26-14)27(22,23)19-13-3-5-15-16(11-13)25-10-9-24-15/h3-6,11,19H,1-2,7-10,12H2. The second kappa shape index (κ2) is 7.40. The van der Waals surface area contributed by atoms with E-state index in [9.17, 15) is 13.2 Å². The Morgan fingerprint density at radius 3 is 2.59 bits per heavy atom. The van der Waals surface area contributed by atoms with Gasteiger partial charge in [-0.1, -0.05) is 0 Å². The summed E-state index contributed by atoms with van der Waals surface area (Å²) in [6.45, 7) is 2.50. The lowest BCUT2D eigenvalue weighted by Crippen LogP contribution is -2.28. The molecule has 144 valence electrons. The van der Waals surface area contributed by atoms with E-state index in [1.165, 1.54) is 6.07 Å². The van der Waals surface area contributed by atoms with Gasteiger partial charge in [-0.05, 0) is 37.1 Å². The molecule has 7 nitrogen and oxygen atoms in total. The number of ether oxygens (including phenoxy) is 2. The number of nitrogens with one attached hydrogen (secondary N) is 1. The van der Waals surface area contributed by atoms with E-state index < -0.39 is 10.0 Å². The zero-order chi connectivity index (χ0) is 18.9. The molecule has 1 N–H and O–H groups in total. The minimum atomic E-state index is -3.73. The van der Waals surface area contributed by atoms with E-state index in [1.54, 1.807) is 24.3 Å². The van der Waals surface area contributed by atoms with Crippen molar-refractivity contribution in [3.8, 4) is 11.5 Å². The van der Waals surface area contributed by atoms with E-state index in [1.807, 2.05) is 4.90 Å². The van der Waals surface area contributed by atoms with Gasteiger partial charge in [-0.3, -0.25) is 9.52 Å². The molecule has 0 aliphatic carbocycles. The average molecular weight is 409 g/mol. The van der Waals surface area contributed by atoms with Crippen molar-refractivity contribution in [2.75, 3.05) is 31.0 Å². The summed E-state index contributed by atoms with van der Waals surface area (Å²) in [4.78, 5) is 14.8. The fourth-order valence-corrected chi connectivity index (χ4v) is 5.53. The number of thiophene rings is 1. The van der Waals surface area contributed by atoms with Crippen LogP contribution in [0.5, 0.6) is 11.5 Å². The van der Waals surface area contributed by atoms with Gasteiger partial charge in [-0.2, -0.15) is 0 Å². The second-order valence-corrected chi connectivity index (χ2v) is 9.53. The van der Waals surface area contributed by atoms with Gasteiger partial charge in [0.15, 0.2) is 11.5 Å². The second-order valence-electron chi connectivity index (χ2n) is 6.45. The lowest BCUT2D eigenvalue weighted by atomic mass is 10.3. The zero-order valence-corrected chi connectivity index (χ0v) is 16.3. The Balaban J connectivity index is 1.46. The number of hydrogen-bond donors (Lipinski definition) is 1. The highest BCUT2D eigenvalue weighted by Gasteiger charge is 2.22. The summed E-state index contributed by atoms with van der Waals surface area (Å²) < 4.78 is 39.0. The lowest BCUT2D eigenvalue weighted by Gasteiger charge is -2.19. The third-order valence-electron chi connectivity index (χ3n) is 4.48. The first-order valence-corrected chi connectivity index (χ1v) is 11.1. The van der Waals surface area contributed by atoms with Crippen molar-refractivity contribution in [3.63, 3.8) is 0 Å². The van der Waals surface area contributed by atoms with Crippen LogP contribution in [0.15, 0.2) is 34.5 Å². The fraction of sp³-hybridized carbons (Fsp3) is 0.389. The molecular formula is C18H20N2O5S2. The molecule has 9 heteroatoms. The number of fused-ring (bicyclic) bond motifs is 1. The molecule has 0 saturated carbocycles. The number of likely N-dealkylation sites (tertiary alicyclic amines) is 1. The van der Waals surface area contributed by atoms with Crippen molar-refractivity contribution in [2.24, 2.45) is 0 Å². The maximum atomic E-state index is 12.7. The summed E-state index contributed by atoms with van der Waals surface area (Å²) in [5.74, 6) is 1.17. The number of nitrogens with zero attached hydrogens (tertiary/aromatic N) is 1. The molecule has 0 bridgehead atoms. The predicted molar refractivity (Wildman–Crippen MR) is 102 cm³/mol. The normalized spacial score (nSPS) is 16.4. The van der Waals surface area contributed by atoms with Crippen molar-refractivity contribution in [1.82, 2.24) is 4.90 Å². The van der Waals surface area contributed by atoms with Gasteiger partial charge in [-0.25, -0.2) is 8.42 Å². The summed E-state index contributed by atoms with van der Waals surface area (Å²) in [5, 5.41) is 0. The van der Waals surface area contributed by atoms with E-state index >= 15 is 0 Å². The van der Waals surface area contributed by atoms with E-state index in [4.69, 9.17) is 9.47 Å². The molecule has 0 unspecified atom stereocenters. The third kappa shape index (κ3) is 4.03. The SMILES string of the molecule is O=C(Cc1ccc(S(=O)(=O)Nc2ccc3c(c2)OCCO3)s1)N1CCCC1. The molecule has 1 aromatic heterocycles. The Bertz CT molecular complexity index is 948. The minimum absolute atomic E-state index is 0.0538. The maximum Gasteiger partial charge on any atom is 0.271 e. The first kappa shape index (κ1) is 18.1. The molecule has 2 aliphatic heterocycles. The molecule has 4 rings (SSSR count). The Morgan fingerprint density at radius 1 is 1.07 bits per heavy atom. The van der Waals surface area contributed by atoms with Gasteiger partial charge in [-0.15, -0.1) is 11.3 Å². The Morgan fingerprint density at radius 2 is 1.81 bits per heavy atom. The monoisotopic (exact) mass is 408 g/mol. The third-order valence-corrected chi connectivity index (χ3v) is 7.44. The highest BCUT2D eigenvalue weighted by Crippen LogP contribution is 2.34. The van der Waals surface area contributed by atoms with E-state index in [2.05, 4.69) is 4.72 Å². The first-order valence-electron chi connectivity index (χ1n) is 8.80. The molecule has 1 saturated heterocycles. The molecule has 2 aromatic rings. The van der Waals surface area contributed by atoms with Crippen LogP contribution in [0.2, 0.25) is 0 Å². The van der Waals surface area contributed by atoms with Gasteiger partial charge in [0.2, 0.25) is 5.91 Å². The average Bonchev–Trinajstić information content (AvgIpc) is 3.33. The van der Waals surface area contributed by atoms with Crippen LogP contribution in [0.25, 0.3) is 0 Å². The van der Waals surface area contributed by atoms with Gasteiger partial charge in [0.1, 0.15) is 17.4 Å². The summed E-state index contributed by atoms with van der Waals surface area (Å²) in [6.07, 6.45) is 2.31. The van der Waals surface area contributed by atoms with Crippen molar-refractivity contribution >= 4 is 33.0 Å². The molecule has 27 heavy (non-hydrogen) atoms. The number of carbonyl (C=O) groups excluding carboxylic acids is 1. The van der Waals surface area contributed by atoms with Gasteiger partial charge in [0, 0.05) is 24.0 Å². The number of benzene rings is 1. The van der Waals surface area contributed by atoms with Gasteiger partial charge in [0.25, 0.3) is 10.0 Å². The van der Waals surface area contributed by atoms with Crippen LogP contribution in [-0.4, -0.2) is 45.5 Å². The zero-order valence-electron chi connectivity index (χ0n) is 14.6. The number of carbonyl (C=O) groups is 1. The molecule has 2 aliphatic rings. The topological polar surface area (TPSA) is 84.9 Å². The van der Waals surface area contributed by atoms with Crippen LogP contribution in [0.1, 0.15) is 17.7 Å². The van der Waals surface area contributed by atoms with Crippen molar-refractivity contribution in [2.45, 2.75) is 23.5 Å². The summed E-state index contributed by atoms with van der Waals surface area (Å²) in [7, 11) is -3.73. The van der Waals surface area contributed by atoms with E-state index in [0.717, 1.165) is 42.1 Å². The number of sulfonamides is 1. The number of anilines is 1. The molecule has 1 amide bonds. The molecule has 1 fully saturated rings. The van der Waals surface area contributed by atoms with Crippen molar-refractivity contribution in [3.05, 3.63) is 35.2 Å². The molecule has 0 atom stereocenters. The number of hydrogen-bond acceptors (Lipinski definition) is 6. The first-order chi connectivity index (χ1) is 13.0.